The molecule has 0 saturated carbocycles. The van der Waals surface area contributed by atoms with E-state index in [0.29, 0.717) is 28.1 Å². The van der Waals surface area contributed by atoms with Crippen LogP contribution in [0.15, 0.2) is 96.6 Å². The number of carbonyl (C=O) groups is 2. The molecule has 3 aromatic carbocycles. The Balaban J connectivity index is 1.35. The number of amides is 2. The zero-order valence-corrected chi connectivity index (χ0v) is 20.3. The Morgan fingerprint density at radius 2 is 1.70 bits per heavy atom. The van der Waals surface area contributed by atoms with E-state index in [9.17, 15) is 9.59 Å². The lowest BCUT2D eigenvalue weighted by molar-refractivity contribution is 0.0996. The van der Waals surface area contributed by atoms with Crippen molar-refractivity contribution < 1.29 is 9.59 Å². The highest BCUT2D eigenvalue weighted by atomic mass is 32.1. The van der Waals surface area contributed by atoms with E-state index in [0.717, 1.165) is 22.1 Å². The summed E-state index contributed by atoms with van der Waals surface area (Å²) in [6, 6.07) is 23.0. The zero-order valence-electron chi connectivity index (χ0n) is 19.5. The van der Waals surface area contributed by atoms with Crippen LogP contribution in [0, 0.1) is 0 Å². The third kappa shape index (κ3) is 5.31. The van der Waals surface area contributed by atoms with E-state index < -0.39 is 5.91 Å². The van der Waals surface area contributed by atoms with Crippen LogP contribution in [-0.2, 0) is 0 Å². The number of nitrogens with zero attached hydrogens (tertiary/aromatic N) is 2. The number of benzene rings is 3. The van der Waals surface area contributed by atoms with Gasteiger partial charge in [0, 0.05) is 57.1 Å². The molecule has 0 spiro atoms. The Kier molecular flexibility index (Phi) is 6.60. The smallest absolute Gasteiger partial charge is 0.255 e. The van der Waals surface area contributed by atoms with Crippen LogP contribution in [0.4, 0.5) is 22.2 Å². The predicted octanol–water partition coefficient (Wildman–Crippen LogP) is 5.55. The molecule has 8 nitrogen and oxygen atoms in total. The molecule has 5 aromatic rings. The number of nitrogen functional groups attached to an aromatic ring is 1. The molecule has 0 unspecified atom stereocenters. The average Bonchev–Trinajstić information content (AvgIpc) is 3.38. The van der Waals surface area contributed by atoms with Gasteiger partial charge in [-0.2, -0.15) is 0 Å². The molecule has 2 heterocycles. The summed E-state index contributed by atoms with van der Waals surface area (Å²) < 4.78 is 0. The van der Waals surface area contributed by atoms with Crippen molar-refractivity contribution in [2.24, 2.45) is 5.73 Å². The highest BCUT2D eigenvalue weighted by molar-refractivity contribution is 7.14. The third-order valence-corrected chi connectivity index (χ3v) is 6.39. The Bertz CT molecular complexity index is 1600. The van der Waals surface area contributed by atoms with Crippen molar-refractivity contribution >= 4 is 45.3 Å². The Labute approximate surface area is 217 Å². The number of primary amides is 1. The molecule has 0 aliphatic heterocycles. The van der Waals surface area contributed by atoms with Gasteiger partial charge in [0.1, 0.15) is 0 Å². The van der Waals surface area contributed by atoms with Crippen molar-refractivity contribution in [3.8, 4) is 22.4 Å². The molecular formula is C28H22N6O2S. The van der Waals surface area contributed by atoms with Crippen LogP contribution in [0.1, 0.15) is 20.7 Å². The highest BCUT2D eigenvalue weighted by Crippen LogP contribution is 2.31. The minimum atomic E-state index is -0.599. The quantitative estimate of drug-likeness (QED) is 0.214. The number of para-hydroxylation sites is 1. The molecule has 182 valence electrons. The number of pyridine rings is 1. The van der Waals surface area contributed by atoms with E-state index >= 15 is 0 Å². The molecule has 5 rings (SSSR count). The van der Waals surface area contributed by atoms with Gasteiger partial charge in [0.25, 0.3) is 5.91 Å². The average molecular weight is 507 g/mol. The fourth-order valence-electron chi connectivity index (χ4n) is 3.84. The van der Waals surface area contributed by atoms with Crippen LogP contribution < -0.4 is 22.1 Å². The van der Waals surface area contributed by atoms with Crippen LogP contribution >= 0.6 is 11.3 Å². The van der Waals surface area contributed by atoms with Gasteiger partial charge < -0.3 is 22.1 Å². The summed E-state index contributed by atoms with van der Waals surface area (Å²) in [7, 11) is 0. The van der Waals surface area contributed by atoms with Crippen molar-refractivity contribution in [1.82, 2.24) is 9.97 Å². The molecule has 0 atom stereocenters. The monoisotopic (exact) mass is 506 g/mol. The maximum Gasteiger partial charge on any atom is 0.255 e. The molecule has 0 bridgehead atoms. The van der Waals surface area contributed by atoms with E-state index in [4.69, 9.17) is 11.5 Å². The molecule has 9 heteroatoms. The van der Waals surface area contributed by atoms with Crippen LogP contribution in [-0.4, -0.2) is 21.8 Å². The first kappa shape index (κ1) is 23.7. The summed E-state index contributed by atoms with van der Waals surface area (Å²) in [6.07, 6.45) is 3.49. The normalized spacial score (nSPS) is 10.6. The van der Waals surface area contributed by atoms with E-state index in [-0.39, 0.29) is 11.5 Å². The molecule has 37 heavy (non-hydrogen) atoms. The number of anilines is 4. The second kappa shape index (κ2) is 10.3. The first-order valence-electron chi connectivity index (χ1n) is 11.3. The van der Waals surface area contributed by atoms with Crippen LogP contribution in [0.2, 0.25) is 0 Å². The number of rotatable bonds is 7. The number of nitrogens with two attached hydrogens (primary N) is 2. The Hall–Kier alpha value is -5.02. The summed E-state index contributed by atoms with van der Waals surface area (Å²) >= 11 is 1.47. The maximum atomic E-state index is 13.1. The van der Waals surface area contributed by atoms with Crippen molar-refractivity contribution in [2.75, 3.05) is 16.4 Å². The zero-order chi connectivity index (χ0) is 25.8. The number of thiazole rings is 1. The number of nitrogens with one attached hydrogen (secondary N) is 2. The summed E-state index contributed by atoms with van der Waals surface area (Å²) in [5.41, 5.74) is 17.1. The van der Waals surface area contributed by atoms with Crippen LogP contribution in [0.5, 0.6) is 0 Å². The predicted molar refractivity (Wildman–Crippen MR) is 148 cm³/mol. The van der Waals surface area contributed by atoms with E-state index in [2.05, 4.69) is 20.6 Å². The number of aromatic nitrogens is 2. The third-order valence-electron chi connectivity index (χ3n) is 5.63. The molecule has 0 aliphatic rings. The van der Waals surface area contributed by atoms with Gasteiger partial charge in [0.2, 0.25) is 5.91 Å². The minimum Gasteiger partial charge on any atom is -0.398 e. The molecule has 2 amide bonds. The second-order valence-electron chi connectivity index (χ2n) is 8.15. The molecule has 0 fully saturated rings. The van der Waals surface area contributed by atoms with Crippen molar-refractivity contribution in [2.45, 2.75) is 0 Å². The number of hydrogen-bond donors (Lipinski definition) is 4. The SMILES string of the molecule is NC(=O)c1ccc(C(=O)Nc2cccc(Nc3nc(-c4cccnc4)cs3)c2)cc1-c1ccccc1N. The molecular weight excluding hydrogens is 484 g/mol. The Morgan fingerprint density at radius 1 is 0.865 bits per heavy atom. The van der Waals surface area contributed by atoms with Gasteiger partial charge in [-0.1, -0.05) is 24.3 Å². The lowest BCUT2D eigenvalue weighted by atomic mass is 9.95. The first-order valence-corrected chi connectivity index (χ1v) is 12.2. The van der Waals surface area contributed by atoms with E-state index in [1.807, 2.05) is 41.8 Å². The van der Waals surface area contributed by atoms with Crippen molar-refractivity contribution in [3.05, 3.63) is 108 Å². The first-order chi connectivity index (χ1) is 18.0. The topological polar surface area (TPSA) is 136 Å². The van der Waals surface area contributed by atoms with Crippen LogP contribution in [0.3, 0.4) is 0 Å². The standard InChI is InChI=1S/C28H22N6O2S/c29-24-9-2-1-8-21(24)23-13-17(10-11-22(23)26(30)35)27(36)32-19-6-3-7-20(14-19)33-28-34-25(16-37-28)18-5-4-12-31-15-18/h1-16H,29H2,(H2,30,35)(H,32,36)(H,33,34). The second-order valence-corrected chi connectivity index (χ2v) is 9.01. The largest absolute Gasteiger partial charge is 0.398 e. The van der Waals surface area contributed by atoms with Gasteiger partial charge in [0.15, 0.2) is 5.13 Å². The summed E-state index contributed by atoms with van der Waals surface area (Å²) in [4.78, 5) is 33.9. The fourth-order valence-corrected chi connectivity index (χ4v) is 4.58. The lowest BCUT2D eigenvalue weighted by Crippen LogP contribution is -2.16. The summed E-state index contributed by atoms with van der Waals surface area (Å²) in [6.45, 7) is 0. The van der Waals surface area contributed by atoms with Gasteiger partial charge in [-0.25, -0.2) is 4.98 Å². The number of carbonyl (C=O) groups excluding carboxylic acids is 2. The Morgan fingerprint density at radius 3 is 2.49 bits per heavy atom. The molecule has 6 N–H and O–H groups in total. The summed E-state index contributed by atoms with van der Waals surface area (Å²) in [5.74, 6) is -0.935. The van der Waals surface area contributed by atoms with E-state index in [1.165, 1.54) is 11.3 Å². The van der Waals surface area contributed by atoms with Crippen LogP contribution in [0.25, 0.3) is 22.4 Å². The van der Waals surface area contributed by atoms with Gasteiger partial charge in [-0.15, -0.1) is 11.3 Å². The fraction of sp³-hybridized carbons (Fsp3) is 0. The van der Waals surface area contributed by atoms with Gasteiger partial charge in [-0.05, 0) is 60.2 Å². The van der Waals surface area contributed by atoms with Crippen molar-refractivity contribution in [3.63, 3.8) is 0 Å². The van der Waals surface area contributed by atoms with Crippen molar-refractivity contribution in [1.29, 1.82) is 0 Å². The van der Waals surface area contributed by atoms with Gasteiger partial charge in [0.05, 0.1) is 5.69 Å². The van der Waals surface area contributed by atoms with E-state index in [1.54, 1.807) is 54.9 Å². The molecule has 2 aromatic heterocycles. The van der Waals surface area contributed by atoms with Gasteiger partial charge in [-0.3, -0.25) is 14.6 Å². The maximum absolute atomic E-state index is 13.1. The molecule has 0 saturated heterocycles. The van der Waals surface area contributed by atoms with Gasteiger partial charge >= 0.3 is 0 Å². The lowest BCUT2D eigenvalue weighted by Gasteiger charge is -2.13. The highest BCUT2D eigenvalue weighted by Gasteiger charge is 2.16. The minimum absolute atomic E-state index is 0.287. The molecule has 0 radical (unpaired) electrons. The molecule has 0 aliphatic carbocycles. The number of hydrogen-bond acceptors (Lipinski definition) is 7. The summed E-state index contributed by atoms with van der Waals surface area (Å²) in [5, 5.41) is 8.85.